The number of benzene rings is 2. The van der Waals surface area contributed by atoms with Gasteiger partial charge >= 0.3 is 0 Å². The maximum Gasteiger partial charge on any atom is 0.248 e. The highest BCUT2D eigenvalue weighted by Crippen LogP contribution is 2.13. The highest BCUT2D eigenvalue weighted by atomic mass is 32.2. The predicted octanol–water partition coefficient (Wildman–Crippen LogP) is 1.90. The zero-order valence-corrected chi connectivity index (χ0v) is 15.8. The van der Waals surface area contributed by atoms with Gasteiger partial charge in [0.1, 0.15) is 0 Å². The van der Waals surface area contributed by atoms with Crippen LogP contribution in [0.3, 0.4) is 0 Å². The monoisotopic (exact) mass is 375 g/mol. The molecule has 0 heterocycles. The van der Waals surface area contributed by atoms with Gasteiger partial charge in [-0.05, 0) is 42.7 Å². The van der Waals surface area contributed by atoms with Crippen LogP contribution in [0.2, 0.25) is 0 Å². The van der Waals surface area contributed by atoms with Crippen LogP contribution in [0, 0.1) is 0 Å². The molecule has 1 amide bonds. The van der Waals surface area contributed by atoms with Crippen LogP contribution < -0.4 is 15.8 Å². The lowest BCUT2D eigenvalue weighted by Crippen LogP contribution is -2.31. The van der Waals surface area contributed by atoms with Crippen molar-refractivity contribution in [2.24, 2.45) is 5.73 Å². The van der Waals surface area contributed by atoms with Crippen LogP contribution in [0.4, 0.5) is 0 Å². The van der Waals surface area contributed by atoms with Gasteiger partial charge in [-0.1, -0.05) is 36.4 Å². The molecule has 0 bridgehead atoms. The lowest BCUT2D eigenvalue weighted by molar-refractivity contribution is 0.1000. The largest absolute Gasteiger partial charge is 0.366 e. The Kier molecular flexibility index (Phi) is 6.90. The van der Waals surface area contributed by atoms with E-state index < -0.39 is 15.9 Å². The standard InChI is InChI=1S/C19H25N3O3S/c1-14(2)22-26(24,25)13-18-8-4-3-7-17(18)12-21-11-15-6-5-9-16(10-15)19(20)23/h3-10,14,21-22H,11-13H2,1-2H3,(H2,20,23). The number of hydrogen-bond donors (Lipinski definition) is 3. The number of nitrogens with one attached hydrogen (secondary N) is 2. The second-order valence-corrected chi connectivity index (χ2v) is 8.22. The van der Waals surface area contributed by atoms with E-state index >= 15 is 0 Å². The van der Waals surface area contributed by atoms with Crippen LogP contribution in [-0.4, -0.2) is 20.4 Å². The SMILES string of the molecule is CC(C)NS(=O)(=O)Cc1ccccc1CNCc1cccc(C(N)=O)c1. The Morgan fingerprint density at radius 1 is 1.04 bits per heavy atom. The smallest absolute Gasteiger partial charge is 0.248 e. The summed E-state index contributed by atoms with van der Waals surface area (Å²) in [7, 11) is -3.38. The molecule has 6 nitrogen and oxygen atoms in total. The molecule has 0 saturated carbocycles. The molecule has 140 valence electrons. The predicted molar refractivity (Wildman–Crippen MR) is 103 cm³/mol. The van der Waals surface area contributed by atoms with Gasteiger partial charge in [-0.3, -0.25) is 4.79 Å². The van der Waals surface area contributed by atoms with Gasteiger partial charge in [-0.2, -0.15) is 0 Å². The Bertz CT molecular complexity index is 864. The van der Waals surface area contributed by atoms with Gasteiger partial charge in [0.05, 0.1) is 5.75 Å². The van der Waals surface area contributed by atoms with Crippen LogP contribution >= 0.6 is 0 Å². The normalized spacial score (nSPS) is 11.7. The third-order valence-corrected chi connectivity index (χ3v) is 5.26. The van der Waals surface area contributed by atoms with Gasteiger partial charge in [0, 0.05) is 24.7 Å². The first kappa shape index (κ1) is 20.1. The summed E-state index contributed by atoms with van der Waals surface area (Å²) < 4.78 is 27.0. The van der Waals surface area contributed by atoms with E-state index in [1.54, 1.807) is 32.0 Å². The minimum atomic E-state index is -3.38. The van der Waals surface area contributed by atoms with Crippen molar-refractivity contribution in [2.75, 3.05) is 0 Å². The van der Waals surface area contributed by atoms with Crippen molar-refractivity contribution >= 4 is 15.9 Å². The van der Waals surface area contributed by atoms with Crippen LogP contribution in [0.5, 0.6) is 0 Å². The molecule has 0 radical (unpaired) electrons. The van der Waals surface area contributed by atoms with Gasteiger partial charge in [0.25, 0.3) is 0 Å². The van der Waals surface area contributed by atoms with Crippen LogP contribution in [0.1, 0.15) is 40.9 Å². The van der Waals surface area contributed by atoms with Crippen LogP contribution in [-0.2, 0) is 28.9 Å². The molecule has 0 aliphatic carbocycles. The Morgan fingerprint density at radius 2 is 1.73 bits per heavy atom. The summed E-state index contributed by atoms with van der Waals surface area (Å²) >= 11 is 0. The average molecular weight is 375 g/mol. The first-order valence-electron chi connectivity index (χ1n) is 8.43. The van der Waals surface area contributed by atoms with Crippen molar-refractivity contribution in [3.8, 4) is 0 Å². The van der Waals surface area contributed by atoms with Gasteiger partial charge in [0.2, 0.25) is 15.9 Å². The molecule has 0 spiro atoms. The second-order valence-electron chi connectivity index (χ2n) is 6.47. The summed E-state index contributed by atoms with van der Waals surface area (Å²) in [5, 5.41) is 3.28. The Morgan fingerprint density at radius 3 is 2.38 bits per heavy atom. The van der Waals surface area contributed by atoms with Crippen molar-refractivity contribution in [2.45, 2.75) is 38.7 Å². The van der Waals surface area contributed by atoms with Gasteiger partial charge in [-0.15, -0.1) is 0 Å². The second kappa shape index (κ2) is 8.93. The highest BCUT2D eigenvalue weighted by Gasteiger charge is 2.15. The number of carbonyl (C=O) groups is 1. The average Bonchev–Trinajstić information content (AvgIpc) is 2.55. The molecule has 2 aromatic rings. The molecule has 2 aromatic carbocycles. The number of nitrogens with two attached hydrogens (primary N) is 1. The molecule has 7 heteroatoms. The topological polar surface area (TPSA) is 101 Å². The van der Waals surface area contributed by atoms with Crippen molar-refractivity contribution < 1.29 is 13.2 Å². The summed E-state index contributed by atoms with van der Waals surface area (Å²) in [6.07, 6.45) is 0. The van der Waals surface area contributed by atoms with E-state index in [1.807, 2.05) is 30.3 Å². The number of sulfonamides is 1. The van der Waals surface area contributed by atoms with E-state index in [2.05, 4.69) is 10.0 Å². The van der Waals surface area contributed by atoms with Crippen molar-refractivity contribution in [3.05, 3.63) is 70.8 Å². The zero-order chi connectivity index (χ0) is 19.2. The molecule has 0 saturated heterocycles. The third-order valence-electron chi connectivity index (χ3n) is 3.74. The van der Waals surface area contributed by atoms with Gasteiger partial charge in [0.15, 0.2) is 0 Å². The van der Waals surface area contributed by atoms with E-state index in [-0.39, 0.29) is 11.8 Å². The highest BCUT2D eigenvalue weighted by molar-refractivity contribution is 7.88. The quantitative estimate of drug-likeness (QED) is 0.623. The molecule has 0 unspecified atom stereocenters. The molecular weight excluding hydrogens is 350 g/mol. The Hall–Kier alpha value is -2.22. The number of amides is 1. The fourth-order valence-corrected chi connectivity index (χ4v) is 4.14. The molecular formula is C19H25N3O3S. The maximum atomic E-state index is 12.2. The molecule has 26 heavy (non-hydrogen) atoms. The summed E-state index contributed by atoms with van der Waals surface area (Å²) in [5.74, 6) is -0.514. The summed E-state index contributed by atoms with van der Waals surface area (Å²) in [6.45, 7) is 4.66. The van der Waals surface area contributed by atoms with Crippen molar-refractivity contribution in [1.82, 2.24) is 10.0 Å². The van der Waals surface area contributed by atoms with E-state index in [0.717, 1.165) is 16.7 Å². The van der Waals surface area contributed by atoms with Crippen LogP contribution in [0.25, 0.3) is 0 Å². The minimum absolute atomic E-state index is 0.0554. The van der Waals surface area contributed by atoms with Crippen molar-refractivity contribution in [1.29, 1.82) is 0 Å². The molecule has 0 aliphatic heterocycles. The first-order valence-corrected chi connectivity index (χ1v) is 10.1. The maximum absolute atomic E-state index is 12.2. The van der Waals surface area contributed by atoms with E-state index in [0.29, 0.717) is 18.7 Å². The molecule has 0 fully saturated rings. The Labute approximate surface area is 154 Å². The van der Waals surface area contributed by atoms with E-state index in [9.17, 15) is 13.2 Å². The fraction of sp³-hybridized carbons (Fsp3) is 0.316. The van der Waals surface area contributed by atoms with E-state index in [1.165, 1.54) is 0 Å². The van der Waals surface area contributed by atoms with Gasteiger partial charge < -0.3 is 11.1 Å². The summed E-state index contributed by atoms with van der Waals surface area (Å²) in [6, 6.07) is 14.4. The van der Waals surface area contributed by atoms with Gasteiger partial charge in [-0.25, -0.2) is 13.1 Å². The lowest BCUT2D eigenvalue weighted by atomic mass is 10.1. The number of hydrogen-bond acceptors (Lipinski definition) is 4. The number of primary amides is 1. The summed E-state index contributed by atoms with van der Waals surface area (Å²) in [5.41, 5.74) is 8.39. The molecule has 0 atom stereocenters. The molecule has 0 aliphatic rings. The zero-order valence-electron chi connectivity index (χ0n) is 15.0. The Balaban J connectivity index is 2.02. The third kappa shape index (κ3) is 6.25. The number of carbonyl (C=O) groups excluding carboxylic acids is 1. The van der Waals surface area contributed by atoms with Crippen LogP contribution in [0.15, 0.2) is 48.5 Å². The minimum Gasteiger partial charge on any atom is -0.366 e. The molecule has 2 rings (SSSR count). The van der Waals surface area contributed by atoms with E-state index in [4.69, 9.17) is 5.73 Å². The summed E-state index contributed by atoms with van der Waals surface area (Å²) in [4.78, 5) is 11.2. The molecule has 0 aromatic heterocycles. The lowest BCUT2D eigenvalue weighted by Gasteiger charge is -2.13. The first-order chi connectivity index (χ1) is 12.3. The number of rotatable bonds is 9. The fourth-order valence-electron chi connectivity index (χ4n) is 2.65. The molecule has 4 N–H and O–H groups in total. The van der Waals surface area contributed by atoms with Crippen molar-refractivity contribution in [3.63, 3.8) is 0 Å².